The highest BCUT2D eigenvalue weighted by Gasteiger charge is 2.27. The van der Waals surface area contributed by atoms with Gasteiger partial charge in [0.2, 0.25) is 10.0 Å². The molecule has 0 saturated carbocycles. The van der Waals surface area contributed by atoms with E-state index < -0.39 is 10.0 Å². The molecule has 1 N–H and O–H groups in total. The Hall–Kier alpha value is -1.71. The molecule has 7 nitrogen and oxygen atoms in total. The van der Waals surface area contributed by atoms with E-state index in [9.17, 15) is 8.42 Å². The number of nitrogens with zero attached hydrogens (tertiary/aromatic N) is 2. The van der Waals surface area contributed by atoms with Crippen molar-refractivity contribution in [2.24, 2.45) is 0 Å². The number of oxazole rings is 1. The Morgan fingerprint density at radius 1 is 1.35 bits per heavy atom. The molecule has 9 heteroatoms. The fourth-order valence-corrected chi connectivity index (χ4v) is 4.88. The molecule has 124 valence electrons. The van der Waals surface area contributed by atoms with E-state index in [0.29, 0.717) is 24.5 Å². The summed E-state index contributed by atoms with van der Waals surface area (Å²) in [5, 5.41) is 2.93. The molecule has 0 radical (unpaired) electrons. The first kappa shape index (κ1) is 16.2. The predicted octanol–water partition coefficient (Wildman–Crippen LogP) is 2.16. The van der Waals surface area contributed by atoms with Crippen molar-refractivity contribution in [3.8, 4) is 5.75 Å². The fourth-order valence-electron chi connectivity index (χ4n) is 2.28. The number of nitrogens with one attached hydrogen (secondary N) is 1. The molecule has 1 aromatic heterocycles. The topological polar surface area (TPSA) is 84.7 Å². The molecule has 0 aliphatic carbocycles. The minimum absolute atomic E-state index is 0.222. The van der Waals surface area contributed by atoms with Crippen LogP contribution in [0, 0.1) is 0 Å². The molecule has 1 aromatic carbocycles. The van der Waals surface area contributed by atoms with Crippen molar-refractivity contribution < 1.29 is 17.6 Å². The average Bonchev–Trinajstić information content (AvgIpc) is 3.08. The SMILES string of the molecule is COc1ccc(S(=O)(=O)N2CCSCC2)cc1Nc1ncco1. The van der Waals surface area contributed by atoms with Crippen LogP contribution in [0.2, 0.25) is 0 Å². The molecule has 2 heterocycles. The third-order valence-corrected chi connectivity index (χ3v) is 6.29. The summed E-state index contributed by atoms with van der Waals surface area (Å²) in [6.07, 6.45) is 2.93. The van der Waals surface area contributed by atoms with Crippen molar-refractivity contribution in [1.82, 2.24) is 9.29 Å². The van der Waals surface area contributed by atoms with Crippen molar-refractivity contribution >= 4 is 33.5 Å². The predicted molar refractivity (Wildman–Crippen MR) is 88.9 cm³/mol. The number of rotatable bonds is 5. The van der Waals surface area contributed by atoms with Gasteiger partial charge in [-0.25, -0.2) is 13.4 Å². The van der Waals surface area contributed by atoms with Gasteiger partial charge in [-0.1, -0.05) is 0 Å². The quantitative estimate of drug-likeness (QED) is 0.880. The summed E-state index contributed by atoms with van der Waals surface area (Å²) in [5.41, 5.74) is 0.488. The molecule has 0 bridgehead atoms. The zero-order valence-electron chi connectivity index (χ0n) is 12.6. The number of hydrogen-bond donors (Lipinski definition) is 1. The van der Waals surface area contributed by atoms with E-state index in [1.54, 1.807) is 30.0 Å². The second kappa shape index (κ2) is 6.81. The minimum atomic E-state index is -3.51. The van der Waals surface area contributed by atoms with Gasteiger partial charge in [0, 0.05) is 24.6 Å². The lowest BCUT2D eigenvalue weighted by atomic mass is 10.3. The number of thioether (sulfide) groups is 1. The van der Waals surface area contributed by atoms with Gasteiger partial charge in [0.1, 0.15) is 12.0 Å². The minimum Gasteiger partial charge on any atom is -0.495 e. The first-order valence-corrected chi connectivity index (χ1v) is 9.63. The Balaban J connectivity index is 1.93. The zero-order valence-corrected chi connectivity index (χ0v) is 14.2. The number of hydrogen-bond acceptors (Lipinski definition) is 7. The molecular formula is C14H17N3O4S2. The smallest absolute Gasteiger partial charge is 0.299 e. The summed E-state index contributed by atoms with van der Waals surface area (Å²) in [6, 6.07) is 4.99. The van der Waals surface area contributed by atoms with E-state index in [1.807, 2.05) is 0 Å². The van der Waals surface area contributed by atoms with Gasteiger partial charge < -0.3 is 14.5 Å². The maximum atomic E-state index is 12.8. The molecule has 1 aliphatic rings. The molecule has 3 rings (SSSR count). The van der Waals surface area contributed by atoms with Crippen molar-refractivity contribution in [3.05, 3.63) is 30.7 Å². The Morgan fingerprint density at radius 3 is 2.78 bits per heavy atom. The monoisotopic (exact) mass is 355 g/mol. The van der Waals surface area contributed by atoms with Gasteiger partial charge >= 0.3 is 0 Å². The molecule has 0 spiro atoms. The summed E-state index contributed by atoms with van der Waals surface area (Å²) >= 11 is 1.76. The van der Waals surface area contributed by atoms with Crippen LogP contribution < -0.4 is 10.1 Å². The highest BCUT2D eigenvalue weighted by molar-refractivity contribution is 7.99. The highest BCUT2D eigenvalue weighted by atomic mass is 32.2. The first-order chi connectivity index (χ1) is 11.1. The zero-order chi connectivity index (χ0) is 16.3. The van der Waals surface area contributed by atoms with Crippen LogP contribution in [0.25, 0.3) is 0 Å². The third kappa shape index (κ3) is 3.46. The molecular weight excluding hydrogens is 338 g/mol. The Kier molecular flexibility index (Phi) is 4.79. The van der Waals surface area contributed by atoms with Gasteiger partial charge in [-0.3, -0.25) is 0 Å². The average molecular weight is 355 g/mol. The molecule has 0 amide bonds. The van der Waals surface area contributed by atoms with E-state index in [2.05, 4.69) is 10.3 Å². The van der Waals surface area contributed by atoms with Gasteiger partial charge in [0.25, 0.3) is 6.01 Å². The number of sulfonamides is 1. The summed E-state index contributed by atoms with van der Waals surface area (Å²) in [7, 11) is -2.00. The number of methoxy groups -OCH3 is 1. The number of aromatic nitrogens is 1. The van der Waals surface area contributed by atoms with Gasteiger partial charge in [0.05, 0.1) is 23.9 Å². The molecule has 1 fully saturated rings. The van der Waals surface area contributed by atoms with Gasteiger partial charge in [-0.2, -0.15) is 16.1 Å². The van der Waals surface area contributed by atoms with E-state index in [0.717, 1.165) is 11.5 Å². The van der Waals surface area contributed by atoms with Gasteiger partial charge in [-0.15, -0.1) is 0 Å². The molecule has 23 heavy (non-hydrogen) atoms. The van der Waals surface area contributed by atoms with Crippen LogP contribution in [0.3, 0.4) is 0 Å². The van der Waals surface area contributed by atoms with Gasteiger partial charge in [-0.05, 0) is 18.2 Å². The van der Waals surface area contributed by atoms with E-state index in [4.69, 9.17) is 9.15 Å². The third-order valence-electron chi connectivity index (χ3n) is 3.45. The normalized spacial score (nSPS) is 16.2. The maximum Gasteiger partial charge on any atom is 0.299 e. The first-order valence-electron chi connectivity index (χ1n) is 7.04. The largest absolute Gasteiger partial charge is 0.495 e. The number of benzene rings is 1. The van der Waals surface area contributed by atoms with E-state index in [1.165, 1.54) is 23.9 Å². The number of ether oxygens (including phenoxy) is 1. The Labute approximate surface area is 139 Å². The summed E-state index contributed by atoms with van der Waals surface area (Å²) in [5.74, 6) is 2.14. The maximum absolute atomic E-state index is 12.8. The van der Waals surface area contributed by atoms with E-state index in [-0.39, 0.29) is 10.9 Å². The van der Waals surface area contributed by atoms with Crippen molar-refractivity contribution in [2.45, 2.75) is 4.90 Å². The number of anilines is 2. The molecule has 2 aromatic rings. The Morgan fingerprint density at radius 2 is 2.13 bits per heavy atom. The second-order valence-corrected chi connectivity index (χ2v) is 8.00. The molecule has 0 atom stereocenters. The van der Waals surface area contributed by atoms with Crippen LogP contribution in [-0.4, -0.2) is 49.4 Å². The summed E-state index contributed by atoms with van der Waals surface area (Å²) < 4.78 is 37.4. The Bertz CT molecular complexity index is 756. The lowest BCUT2D eigenvalue weighted by Crippen LogP contribution is -2.37. The highest BCUT2D eigenvalue weighted by Crippen LogP contribution is 2.31. The summed E-state index contributed by atoms with van der Waals surface area (Å²) in [4.78, 5) is 4.19. The van der Waals surface area contributed by atoms with Crippen LogP contribution in [0.15, 0.2) is 40.0 Å². The van der Waals surface area contributed by atoms with Crippen LogP contribution in [0.5, 0.6) is 5.75 Å². The molecule has 0 unspecified atom stereocenters. The standard InChI is InChI=1S/C14H17N3O4S2/c1-20-13-3-2-11(10-12(13)16-14-15-4-7-21-14)23(18,19)17-5-8-22-9-6-17/h2-4,7,10H,5-6,8-9H2,1H3,(H,15,16). The van der Waals surface area contributed by atoms with Crippen LogP contribution >= 0.6 is 11.8 Å². The second-order valence-electron chi connectivity index (χ2n) is 4.84. The van der Waals surface area contributed by atoms with E-state index >= 15 is 0 Å². The van der Waals surface area contributed by atoms with Crippen LogP contribution in [-0.2, 0) is 10.0 Å². The van der Waals surface area contributed by atoms with Crippen molar-refractivity contribution in [3.63, 3.8) is 0 Å². The van der Waals surface area contributed by atoms with Crippen LogP contribution in [0.1, 0.15) is 0 Å². The van der Waals surface area contributed by atoms with Gasteiger partial charge in [0.15, 0.2) is 0 Å². The fraction of sp³-hybridized carbons (Fsp3) is 0.357. The lowest BCUT2D eigenvalue weighted by molar-refractivity contribution is 0.415. The summed E-state index contributed by atoms with van der Waals surface area (Å²) in [6.45, 7) is 1.06. The van der Waals surface area contributed by atoms with Crippen molar-refractivity contribution in [2.75, 3.05) is 37.0 Å². The lowest BCUT2D eigenvalue weighted by Gasteiger charge is -2.26. The van der Waals surface area contributed by atoms with Crippen molar-refractivity contribution in [1.29, 1.82) is 0 Å². The molecule has 1 aliphatic heterocycles. The molecule has 1 saturated heterocycles. The van der Waals surface area contributed by atoms with Crippen LogP contribution in [0.4, 0.5) is 11.7 Å².